The fourth-order valence-corrected chi connectivity index (χ4v) is 1.19. The molecule has 0 bridgehead atoms. The van der Waals surface area contributed by atoms with Crippen molar-refractivity contribution >= 4 is 5.78 Å². The van der Waals surface area contributed by atoms with Gasteiger partial charge in [0.1, 0.15) is 0 Å². The molecule has 14 heavy (non-hydrogen) atoms. The highest BCUT2D eigenvalue weighted by Crippen LogP contribution is 2.03. The number of carbonyl (C=O) groups is 1. The second kappa shape index (κ2) is 5.81. The lowest BCUT2D eigenvalue weighted by atomic mass is 10.1. The number of ketones is 1. The molecule has 3 heteroatoms. The quantitative estimate of drug-likeness (QED) is 0.661. The largest absolute Gasteiger partial charge is 0.396 e. The maximum Gasteiger partial charge on any atom is 0.157 e. The molecule has 0 rings (SSSR count). The van der Waals surface area contributed by atoms with E-state index in [0.29, 0.717) is 12.8 Å². The van der Waals surface area contributed by atoms with Crippen LogP contribution < -0.4 is 5.32 Å². The molecule has 0 aliphatic carbocycles. The molecule has 0 spiro atoms. The molecule has 0 saturated heterocycles. The molecule has 0 atom stereocenters. The smallest absolute Gasteiger partial charge is 0.157 e. The van der Waals surface area contributed by atoms with Gasteiger partial charge in [0.05, 0.1) is 0 Å². The highest BCUT2D eigenvalue weighted by atomic mass is 16.3. The van der Waals surface area contributed by atoms with E-state index >= 15 is 0 Å². The molecule has 0 aromatic carbocycles. The Labute approximate surface area is 86.2 Å². The molecule has 0 aromatic rings. The van der Waals surface area contributed by atoms with Crippen LogP contribution in [0.5, 0.6) is 0 Å². The number of hydrogen-bond donors (Lipinski definition) is 2. The third-order valence-electron chi connectivity index (χ3n) is 1.53. The molecule has 0 heterocycles. The summed E-state index contributed by atoms with van der Waals surface area (Å²) in [7, 11) is 0. The molecule has 0 unspecified atom stereocenters. The number of allylic oxidation sites excluding steroid dienone is 2. The minimum atomic E-state index is -0.0160. The van der Waals surface area contributed by atoms with Gasteiger partial charge in [0, 0.05) is 24.3 Å². The summed E-state index contributed by atoms with van der Waals surface area (Å²) in [6.45, 7) is 8.08. The minimum Gasteiger partial charge on any atom is -0.396 e. The van der Waals surface area contributed by atoms with Crippen LogP contribution in [0.15, 0.2) is 11.8 Å². The normalized spacial score (nSPS) is 12.8. The summed E-state index contributed by atoms with van der Waals surface area (Å²) in [5.74, 6) is 0.0632. The SMILES string of the molecule is C/C(=C/C(=O)CCCO)NC(C)(C)C. The number of aliphatic hydroxyl groups excluding tert-OH is 1. The van der Waals surface area contributed by atoms with E-state index in [1.54, 1.807) is 6.08 Å². The number of nitrogens with one attached hydrogen (secondary N) is 1. The molecule has 3 nitrogen and oxygen atoms in total. The van der Waals surface area contributed by atoms with E-state index < -0.39 is 0 Å². The Morgan fingerprint density at radius 3 is 2.43 bits per heavy atom. The second-order valence-corrected chi connectivity index (χ2v) is 4.50. The Kier molecular flexibility index (Phi) is 5.46. The first kappa shape index (κ1) is 13.2. The van der Waals surface area contributed by atoms with Gasteiger partial charge in [0.2, 0.25) is 0 Å². The first-order valence-corrected chi connectivity index (χ1v) is 4.95. The van der Waals surface area contributed by atoms with Gasteiger partial charge in [-0.15, -0.1) is 0 Å². The van der Waals surface area contributed by atoms with Gasteiger partial charge in [-0.3, -0.25) is 4.79 Å². The Hall–Kier alpha value is -0.830. The van der Waals surface area contributed by atoms with Crippen LogP contribution in [-0.2, 0) is 4.79 Å². The van der Waals surface area contributed by atoms with Crippen molar-refractivity contribution in [2.24, 2.45) is 0 Å². The number of rotatable bonds is 5. The molecular weight excluding hydrogens is 178 g/mol. The summed E-state index contributed by atoms with van der Waals surface area (Å²) < 4.78 is 0. The zero-order chi connectivity index (χ0) is 11.2. The maximum absolute atomic E-state index is 11.3. The average Bonchev–Trinajstić information content (AvgIpc) is 1.96. The van der Waals surface area contributed by atoms with Gasteiger partial charge < -0.3 is 10.4 Å². The first-order valence-electron chi connectivity index (χ1n) is 4.95. The maximum atomic E-state index is 11.3. The van der Waals surface area contributed by atoms with Crippen LogP contribution in [0.2, 0.25) is 0 Å². The van der Waals surface area contributed by atoms with E-state index in [9.17, 15) is 4.79 Å². The molecular formula is C11H21NO2. The summed E-state index contributed by atoms with van der Waals surface area (Å²) in [5, 5.41) is 11.8. The summed E-state index contributed by atoms with van der Waals surface area (Å²) in [6.07, 6.45) is 2.55. The summed E-state index contributed by atoms with van der Waals surface area (Å²) in [5.41, 5.74) is 0.859. The summed E-state index contributed by atoms with van der Waals surface area (Å²) in [6, 6.07) is 0. The van der Waals surface area contributed by atoms with E-state index in [1.807, 2.05) is 27.7 Å². The van der Waals surface area contributed by atoms with Gasteiger partial charge in [-0.05, 0) is 40.2 Å². The summed E-state index contributed by atoms with van der Waals surface area (Å²) in [4.78, 5) is 11.3. The topological polar surface area (TPSA) is 49.3 Å². The van der Waals surface area contributed by atoms with E-state index in [0.717, 1.165) is 5.70 Å². The standard InChI is InChI=1S/C11H21NO2/c1-9(12-11(2,3)4)8-10(14)6-5-7-13/h8,12-13H,5-7H2,1-4H3/b9-8-. The molecule has 0 saturated carbocycles. The molecule has 0 aliphatic rings. The van der Waals surface area contributed by atoms with Crippen LogP contribution in [-0.4, -0.2) is 23.0 Å². The van der Waals surface area contributed by atoms with Gasteiger partial charge in [-0.25, -0.2) is 0 Å². The Morgan fingerprint density at radius 1 is 1.43 bits per heavy atom. The molecule has 0 radical (unpaired) electrons. The average molecular weight is 199 g/mol. The van der Waals surface area contributed by atoms with E-state index in [4.69, 9.17) is 5.11 Å². The van der Waals surface area contributed by atoms with Crippen molar-refractivity contribution in [3.05, 3.63) is 11.8 Å². The Morgan fingerprint density at radius 2 is 2.00 bits per heavy atom. The lowest BCUT2D eigenvalue weighted by Gasteiger charge is -2.22. The van der Waals surface area contributed by atoms with E-state index in [2.05, 4.69) is 5.32 Å². The third-order valence-corrected chi connectivity index (χ3v) is 1.53. The molecule has 0 aliphatic heterocycles. The second-order valence-electron chi connectivity index (χ2n) is 4.50. The zero-order valence-electron chi connectivity index (χ0n) is 9.55. The van der Waals surface area contributed by atoms with Gasteiger partial charge in [-0.2, -0.15) is 0 Å². The van der Waals surface area contributed by atoms with Crippen molar-refractivity contribution in [2.75, 3.05) is 6.61 Å². The fourth-order valence-electron chi connectivity index (χ4n) is 1.19. The lowest BCUT2D eigenvalue weighted by Crippen LogP contribution is -2.34. The van der Waals surface area contributed by atoms with Crippen molar-refractivity contribution < 1.29 is 9.90 Å². The highest BCUT2D eigenvalue weighted by molar-refractivity contribution is 5.90. The minimum absolute atomic E-state index is 0.0160. The number of hydrogen-bond acceptors (Lipinski definition) is 3. The van der Waals surface area contributed by atoms with Crippen LogP contribution in [0.3, 0.4) is 0 Å². The number of carbonyl (C=O) groups excluding carboxylic acids is 1. The monoisotopic (exact) mass is 199 g/mol. The molecule has 0 amide bonds. The predicted molar refractivity (Wildman–Crippen MR) is 58.0 cm³/mol. The predicted octanol–water partition coefficient (Wildman–Crippen LogP) is 1.62. The Bertz CT molecular complexity index is 214. The lowest BCUT2D eigenvalue weighted by molar-refractivity contribution is -0.114. The van der Waals surface area contributed by atoms with Gasteiger partial charge >= 0.3 is 0 Å². The van der Waals surface area contributed by atoms with Crippen molar-refractivity contribution in [2.45, 2.75) is 46.1 Å². The zero-order valence-corrected chi connectivity index (χ0v) is 9.55. The van der Waals surface area contributed by atoms with Crippen LogP contribution in [0.1, 0.15) is 40.5 Å². The highest BCUT2D eigenvalue weighted by Gasteiger charge is 2.09. The molecule has 0 aromatic heterocycles. The first-order chi connectivity index (χ1) is 6.35. The molecule has 2 N–H and O–H groups in total. The van der Waals surface area contributed by atoms with Gasteiger partial charge in [0.25, 0.3) is 0 Å². The van der Waals surface area contributed by atoms with E-state index in [-0.39, 0.29) is 17.9 Å². The van der Waals surface area contributed by atoms with Crippen molar-refractivity contribution in [1.82, 2.24) is 5.32 Å². The fraction of sp³-hybridized carbons (Fsp3) is 0.727. The van der Waals surface area contributed by atoms with Crippen molar-refractivity contribution in [3.8, 4) is 0 Å². The molecule has 0 fully saturated rings. The summed E-state index contributed by atoms with van der Waals surface area (Å²) >= 11 is 0. The molecule has 82 valence electrons. The van der Waals surface area contributed by atoms with Crippen LogP contribution in [0.25, 0.3) is 0 Å². The van der Waals surface area contributed by atoms with Crippen LogP contribution in [0, 0.1) is 0 Å². The van der Waals surface area contributed by atoms with Gasteiger partial charge in [-0.1, -0.05) is 0 Å². The number of aliphatic hydroxyl groups is 1. The Balaban J connectivity index is 4.03. The van der Waals surface area contributed by atoms with Gasteiger partial charge in [0.15, 0.2) is 5.78 Å². The van der Waals surface area contributed by atoms with Crippen LogP contribution >= 0.6 is 0 Å². The van der Waals surface area contributed by atoms with E-state index in [1.165, 1.54) is 0 Å². The van der Waals surface area contributed by atoms with Crippen molar-refractivity contribution in [1.29, 1.82) is 0 Å². The van der Waals surface area contributed by atoms with Crippen LogP contribution in [0.4, 0.5) is 0 Å². The third kappa shape index (κ3) is 7.80. The van der Waals surface area contributed by atoms with Crippen molar-refractivity contribution in [3.63, 3.8) is 0 Å².